The lowest BCUT2D eigenvalue weighted by Gasteiger charge is -2.33. The number of carbonyl (C=O) groups is 1. The van der Waals surface area contributed by atoms with Crippen molar-refractivity contribution in [2.45, 2.75) is 48.6 Å². The van der Waals surface area contributed by atoms with Crippen molar-refractivity contribution in [3.63, 3.8) is 0 Å². The van der Waals surface area contributed by atoms with Gasteiger partial charge in [0.2, 0.25) is 5.91 Å². The van der Waals surface area contributed by atoms with Crippen molar-refractivity contribution < 1.29 is 4.79 Å². The number of aromatic nitrogens is 2. The van der Waals surface area contributed by atoms with Gasteiger partial charge in [-0.15, -0.1) is 0 Å². The summed E-state index contributed by atoms with van der Waals surface area (Å²) in [5, 5.41) is 3.71. The van der Waals surface area contributed by atoms with Gasteiger partial charge in [0, 0.05) is 66.8 Å². The molecule has 1 saturated heterocycles. The van der Waals surface area contributed by atoms with E-state index in [-0.39, 0.29) is 5.91 Å². The van der Waals surface area contributed by atoms with E-state index < -0.39 is 0 Å². The number of rotatable bonds is 8. The van der Waals surface area contributed by atoms with Crippen LogP contribution in [0.3, 0.4) is 0 Å². The fraction of sp³-hybridized carbons (Fsp3) is 0.500. The van der Waals surface area contributed by atoms with Gasteiger partial charge in [-0.05, 0) is 79.9 Å². The second-order valence-electron chi connectivity index (χ2n) is 10.4. The Morgan fingerprint density at radius 1 is 1.08 bits per heavy atom. The predicted octanol–water partition coefficient (Wildman–Crippen LogP) is 4.62. The first-order valence-corrected chi connectivity index (χ1v) is 14.0. The van der Waals surface area contributed by atoms with E-state index in [4.69, 9.17) is 15.0 Å². The lowest BCUT2D eigenvalue weighted by molar-refractivity contribution is -0.115. The molecule has 0 spiro atoms. The smallest absolute Gasteiger partial charge is 0.224 e. The van der Waals surface area contributed by atoms with Gasteiger partial charge < -0.3 is 15.1 Å². The van der Waals surface area contributed by atoms with Gasteiger partial charge in [-0.3, -0.25) is 9.79 Å². The minimum Gasteiger partial charge on any atom is -0.354 e. The molecule has 2 saturated carbocycles. The van der Waals surface area contributed by atoms with Crippen molar-refractivity contribution in [3.8, 4) is 0 Å². The largest absolute Gasteiger partial charge is 0.354 e. The monoisotopic (exact) mass is 502 g/mol. The fourth-order valence-corrected chi connectivity index (χ4v) is 5.84. The van der Waals surface area contributed by atoms with E-state index >= 15 is 0 Å². The zero-order valence-electron chi connectivity index (χ0n) is 21.1. The van der Waals surface area contributed by atoms with E-state index in [0.717, 1.165) is 66.6 Å². The van der Waals surface area contributed by atoms with Gasteiger partial charge in [0.1, 0.15) is 5.82 Å². The number of amides is 1. The maximum atomic E-state index is 11.7. The summed E-state index contributed by atoms with van der Waals surface area (Å²) in [6.07, 6.45) is 6.64. The Hall–Kier alpha value is -2.71. The first kappa shape index (κ1) is 23.7. The van der Waals surface area contributed by atoms with E-state index in [0.29, 0.717) is 18.3 Å². The number of anilines is 2. The summed E-state index contributed by atoms with van der Waals surface area (Å²) in [4.78, 5) is 32.4. The van der Waals surface area contributed by atoms with Gasteiger partial charge in [0.15, 0.2) is 5.16 Å². The molecule has 1 N–H and O–H groups in total. The summed E-state index contributed by atoms with van der Waals surface area (Å²) >= 11 is 1.60. The first-order valence-electron chi connectivity index (χ1n) is 13.2. The number of likely N-dealkylation sites (N-methyl/N-ethyl adjacent to an activating group) is 1. The third-order valence-corrected chi connectivity index (χ3v) is 8.50. The standard InChI is InChI=1S/C28H34N6OS/c1-3-27(35)30-20-6-8-21(9-7-20)36-28-31-25(16-26(32-28)34-12-10-33(2)11-13-34)23-15-22(23)19-14-24(29-17-19)18-4-5-18/h6-9,14,16,18,22-23H,3-5,10-13,15,17H2,1-2H3,(H,30,35). The number of piperazine rings is 1. The van der Waals surface area contributed by atoms with Crippen LogP contribution >= 0.6 is 11.8 Å². The quantitative estimate of drug-likeness (QED) is 0.531. The molecular weight excluding hydrogens is 468 g/mol. The van der Waals surface area contributed by atoms with E-state index in [1.54, 1.807) is 11.8 Å². The van der Waals surface area contributed by atoms with Gasteiger partial charge in [0.25, 0.3) is 0 Å². The highest BCUT2D eigenvalue weighted by atomic mass is 32.2. The molecule has 188 valence electrons. The maximum Gasteiger partial charge on any atom is 0.224 e. The summed E-state index contributed by atoms with van der Waals surface area (Å²) in [6, 6.07) is 10.2. The highest BCUT2D eigenvalue weighted by molar-refractivity contribution is 7.99. The molecule has 1 aromatic carbocycles. The highest BCUT2D eigenvalue weighted by Crippen LogP contribution is 2.53. The second-order valence-corrected chi connectivity index (χ2v) is 11.5. The molecule has 2 unspecified atom stereocenters. The van der Waals surface area contributed by atoms with Crippen LogP contribution in [0.5, 0.6) is 0 Å². The second kappa shape index (κ2) is 9.98. The summed E-state index contributed by atoms with van der Waals surface area (Å²) in [5.74, 6) is 2.83. The predicted molar refractivity (Wildman–Crippen MR) is 145 cm³/mol. The minimum absolute atomic E-state index is 0.0225. The van der Waals surface area contributed by atoms with Gasteiger partial charge in [-0.1, -0.05) is 6.92 Å². The van der Waals surface area contributed by atoms with E-state index in [1.807, 2.05) is 31.2 Å². The lowest BCUT2D eigenvalue weighted by atomic mass is 10.1. The Labute approximate surface area is 217 Å². The van der Waals surface area contributed by atoms with Crippen LogP contribution in [0.15, 0.2) is 57.0 Å². The molecule has 3 heterocycles. The fourth-order valence-electron chi connectivity index (χ4n) is 5.07. The van der Waals surface area contributed by atoms with Crippen LogP contribution in [0.4, 0.5) is 11.5 Å². The molecule has 36 heavy (non-hydrogen) atoms. The topological polar surface area (TPSA) is 73.7 Å². The molecule has 7 nitrogen and oxygen atoms in total. The lowest BCUT2D eigenvalue weighted by Crippen LogP contribution is -2.44. The van der Waals surface area contributed by atoms with Crippen LogP contribution in [0.25, 0.3) is 0 Å². The Kier molecular flexibility index (Phi) is 6.56. The molecule has 2 aromatic rings. The molecule has 2 aliphatic carbocycles. The summed E-state index contributed by atoms with van der Waals surface area (Å²) < 4.78 is 0. The van der Waals surface area contributed by atoms with Gasteiger partial charge in [-0.2, -0.15) is 0 Å². The minimum atomic E-state index is 0.0225. The molecular formula is C28H34N6OS. The number of hydrogen-bond donors (Lipinski definition) is 1. The SMILES string of the molecule is CCC(=O)Nc1ccc(Sc2nc(C3CC3C3=CC(C4CC4)=NC3)cc(N3CCN(C)CC3)n2)cc1. The summed E-state index contributed by atoms with van der Waals surface area (Å²) in [7, 11) is 2.18. The summed E-state index contributed by atoms with van der Waals surface area (Å²) in [5.41, 5.74) is 4.82. The molecule has 2 atom stereocenters. The first-order chi connectivity index (χ1) is 17.6. The van der Waals surface area contributed by atoms with Crippen molar-refractivity contribution in [3.05, 3.63) is 47.7 Å². The van der Waals surface area contributed by atoms with Crippen molar-refractivity contribution in [2.24, 2.45) is 16.8 Å². The van der Waals surface area contributed by atoms with Crippen LogP contribution < -0.4 is 10.2 Å². The van der Waals surface area contributed by atoms with Crippen LogP contribution in [-0.2, 0) is 4.79 Å². The van der Waals surface area contributed by atoms with Gasteiger partial charge in [-0.25, -0.2) is 9.97 Å². The number of hydrogen-bond acceptors (Lipinski definition) is 7. The average molecular weight is 503 g/mol. The molecule has 6 rings (SSSR count). The molecule has 0 bridgehead atoms. The number of aliphatic imine (C=N–C) groups is 1. The number of allylic oxidation sites excluding steroid dienone is 1. The normalized spacial score (nSPS) is 23.9. The van der Waals surface area contributed by atoms with Crippen LogP contribution in [0.2, 0.25) is 0 Å². The van der Waals surface area contributed by atoms with Crippen molar-refractivity contribution in [1.82, 2.24) is 14.9 Å². The Balaban J connectivity index is 1.21. The molecule has 4 aliphatic rings. The zero-order chi connectivity index (χ0) is 24.6. The highest BCUT2D eigenvalue weighted by Gasteiger charge is 2.44. The number of nitrogens with zero attached hydrogens (tertiary/aromatic N) is 5. The van der Waals surface area contributed by atoms with Crippen LogP contribution in [0.1, 0.15) is 44.2 Å². The Morgan fingerprint density at radius 2 is 1.86 bits per heavy atom. The zero-order valence-corrected chi connectivity index (χ0v) is 21.9. The molecule has 0 radical (unpaired) electrons. The van der Waals surface area contributed by atoms with E-state index in [1.165, 1.54) is 29.8 Å². The molecule has 1 aromatic heterocycles. The van der Waals surface area contributed by atoms with Gasteiger partial charge >= 0.3 is 0 Å². The molecule has 1 amide bonds. The van der Waals surface area contributed by atoms with E-state index in [2.05, 4.69) is 34.3 Å². The number of carbonyl (C=O) groups excluding carboxylic acids is 1. The molecule has 8 heteroatoms. The number of benzene rings is 1. The Morgan fingerprint density at radius 3 is 2.58 bits per heavy atom. The summed E-state index contributed by atoms with van der Waals surface area (Å²) in [6.45, 7) is 6.81. The Bertz CT molecular complexity index is 1200. The molecule has 2 aliphatic heterocycles. The maximum absolute atomic E-state index is 11.7. The van der Waals surface area contributed by atoms with Crippen molar-refractivity contribution in [1.29, 1.82) is 0 Å². The van der Waals surface area contributed by atoms with E-state index in [9.17, 15) is 4.79 Å². The van der Waals surface area contributed by atoms with Gasteiger partial charge in [0.05, 0.1) is 12.2 Å². The van der Waals surface area contributed by atoms with Crippen LogP contribution in [-0.4, -0.2) is 66.3 Å². The molecule has 3 fully saturated rings. The third kappa shape index (κ3) is 5.34. The van der Waals surface area contributed by atoms with Crippen LogP contribution in [0, 0.1) is 11.8 Å². The average Bonchev–Trinajstić information content (AvgIpc) is 3.84. The number of nitrogens with one attached hydrogen (secondary N) is 1. The van der Waals surface area contributed by atoms with Crippen molar-refractivity contribution in [2.75, 3.05) is 50.0 Å². The third-order valence-electron chi connectivity index (χ3n) is 7.63. The van der Waals surface area contributed by atoms with Crippen molar-refractivity contribution >= 4 is 34.9 Å².